The van der Waals surface area contributed by atoms with Crippen LogP contribution in [0.1, 0.15) is 34.8 Å². The normalized spacial score (nSPS) is 15.3. The van der Waals surface area contributed by atoms with Gasteiger partial charge in [0.1, 0.15) is 0 Å². The zero-order chi connectivity index (χ0) is 17.1. The molecule has 0 N–H and O–H groups in total. The lowest BCUT2D eigenvalue weighted by molar-refractivity contribution is 0.0706. The maximum atomic E-state index is 12.7. The lowest BCUT2D eigenvalue weighted by Crippen LogP contribution is -2.38. The minimum atomic E-state index is -0.0336. The number of benzene rings is 2. The van der Waals surface area contributed by atoms with Gasteiger partial charge >= 0.3 is 0 Å². The van der Waals surface area contributed by atoms with Crippen LogP contribution in [0.5, 0.6) is 0 Å². The summed E-state index contributed by atoms with van der Waals surface area (Å²) >= 11 is 0. The highest BCUT2D eigenvalue weighted by atomic mass is 16.2. The fourth-order valence-electron chi connectivity index (χ4n) is 3.35. The SMILES string of the molecule is O=C(c1cnn(-c2ccccc2)n1)N1CCC(c2ccccc2)CC1. The van der Waals surface area contributed by atoms with Crippen molar-refractivity contribution in [3.05, 3.63) is 78.1 Å². The van der Waals surface area contributed by atoms with E-state index < -0.39 is 0 Å². The molecular formula is C20H20N4O. The second kappa shape index (κ2) is 6.89. The van der Waals surface area contributed by atoms with E-state index in [0.717, 1.165) is 31.6 Å². The molecule has 2 heterocycles. The van der Waals surface area contributed by atoms with Crippen molar-refractivity contribution in [3.63, 3.8) is 0 Å². The molecule has 126 valence electrons. The number of amides is 1. The van der Waals surface area contributed by atoms with Gasteiger partial charge in [0.15, 0.2) is 5.69 Å². The second-order valence-corrected chi connectivity index (χ2v) is 6.33. The van der Waals surface area contributed by atoms with Gasteiger partial charge in [-0.2, -0.15) is 9.90 Å². The number of rotatable bonds is 3. The van der Waals surface area contributed by atoms with Crippen molar-refractivity contribution in [1.29, 1.82) is 0 Å². The minimum absolute atomic E-state index is 0.0336. The van der Waals surface area contributed by atoms with E-state index in [1.54, 1.807) is 6.20 Å². The van der Waals surface area contributed by atoms with Crippen LogP contribution in [-0.4, -0.2) is 38.9 Å². The number of piperidine rings is 1. The minimum Gasteiger partial charge on any atom is -0.337 e. The van der Waals surface area contributed by atoms with Gasteiger partial charge in [-0.3, -0.25) is 4.79 Å². The van der Waals surface area contributed by atoms with Crippen molar-refractivity contribution in [3.8, 4) is 5.69 Å². The third kappa shape index (κ3) is 3.31. The second-order valence-electron chi connectivity index (χ2n) is 6.33. The lowest BCUT2D eigenvalue weighted by Gasteiger charge is -2.31. The van der Waals surface area contributed by atoms with Gasteiger partial charge in [-0.25, -0.2) is 0 Å². The van der Waals surface area contributed by atoms with Crippen LogP contribution in [0.15, 0.2) is 66.9 Å². The topological polar surface area (TPSA) is 51.0 Å². The third-order valence-corrected chi connectivity index (χ3v) is 4.75. The molecule has 1 aliphatic heterocycles. The zero-order valence-electron chi connectivity index (χ0n) is 14.0. The van der Waals surface area contributed by atoms with E-state index in [1.807, 2.05) is 41.3 Å². The average Bonchev–Trinajstić information content (AvgIpc) is 3.19. The lowest BCUT2D eigenvalue weighted by atomic mass is 9.89. The van der Waals surface area contributed by atoms with E-state index >= 15 is 0 Å². The van der Waals surface area contributed by atoms with Gasteiger partial charge < -0.3 is 4.90 Å². The molecule has 1 aliphatic rings. The number of carbonyl (C=O) groups is 1. The number of para-hydroxylation sites is 1. The van der Waals surface area contributed by atoms with Crippen LogP contribution >= 0.6 is 0 Å². The molecule has 0 radical (unpaired) electrons. The molecule has 0 saturated carbocycles. The number of hydrogen-bond acceptors (Lipinski definition) is 3. The van der Waals surface area contributed by atoms with Crippen molar-refractivity contribution in [2.75, 3.05) is 13.1 Å². The van der Waals surface area contributed by atoms with E-state index in [-0.39, 0.29) is 5.91 Å². The molecule has 2 aromatic carbocycles. The first-order valence-electron chi connectivity index (χ1n) is 8.63. The van der Waals surface area contributed by atoms with Crippen LogP contribution in [0.3, 0.4) is 0 Å². The Morgan fingerprint density at radius 2 is 1.56 bits per heavy atom. The Morgan fingerprint density at radius 1 is 0.920 bits per heavy atom. The highest BCUT2D eigenvalue weighted by Crippen LogP contribution is 2.28. The standard InChI is InChI=1S/C20H20N4O/c25-20(19-15-21-24(22-19)18-9-5-2-6-10-18)23-13-11-17(12-14-23)16-7-3-1-4-8-16/h1-10,15,17H,11-14H2. The summed E-state index contributed by atoms with van der Waals surface area (Å²) < 4.78 is 0. The maximum absolute atomic E-state index is 12.7. The zero-order valence-corrected chi connectivity index (χ0v) is 14.0. The Balaban J connectivity index is 1.42. The summed E-state index contributed by atoms with van der Waals surface area (Å²) in [6, 6.07) is 20.2. The first-order valence-corrected chi connectivity index (χ1v) is 8.63. The summed E-state index contributed by atoms with van der Waals surface area (Å²) in [5.41, 5.74) is 2.62. The molecule has 5 heteroatoms. The van der Waals surface area contributed by atoms with Crippen LogP contribution in [-0.2, 0) is 0 Å². The predicted octanol–water partition coefficient (Wildman–Crippen LogP) is 3.29. The molecule has 0 aliphatic carbocycles. The van der Waals surface area contributed by atoms with Crippen molar-refractivity contribution in [2.24, 2.45) is 0 Å². The number of aromatic nitrogens is 3. The van der Waals surface area contributed by atoms with Gasteiger partial charge in [0, 0.05) is 13.1 Å². The Morgan fingerprint density at radius 3 is 2.24 bits per heavy atom. The quantitative estimate of drug-likeness (QED) is 0.739. The molecule has 1 fully saturated rings. The maximum Gasteiger partial charge on any atom is 0.276 e. The summed E-state index contributed by atoms with van der Waals surface area (Å²) in [5, 5.41) is 8.57. The van der Waals surface area contributed by atoms with E-state index in [4.69, 9.17) is 0 Å². The average molecular weight is 332 g/mol. The first-order chi connectivity index (χ1) is 12.3. The summed E-state index contributed by atoms with van der Waals surface area (Å²) in [6.07, 6.45) is 3.53. The summed E-state index contributed by atoms with van der Waals surface area (Å²) in [6.45, 7) is 1.52. The van der Waals surface area contributed by atoms with Crippen molar-refractivity contribution < 1.29 is 4.79 Å². The van der Waals surface area contributed by atoms with Gasteiger partial charge in [0.2, 0.25) is 0 Å². The van der Waals surface area contributed by atoms with E-state index in [1.165, 1.54) is 10.4 Å². The summed E-state index contributed by atoms with van der Waals surface area (Å²) in [7, 11) is 0. The molecule has 4 rings (SSSR count). The monoisotopic (exact) mass is 332 g/mol. The van der Waals surface area contributed by atoms with E-state index in [0.29, 0.717) is 11.6 Å². The van der Waals surface area contributed by atoms with Crippen LogP contribution in [0.25, 0.3) is 5.69 Å². The Hall–Kier alpha value is -2.95. The Bertz CT molecular complexity index is 836. The van der Waals surface area contributed by atoms with Crippen molar-refractivity contribution >= 4 is 5.91 Å². The first kappa shape index (κ1) is 15.6. The number of likely N-dealkylation sites (tertiary alicyclic amines) is 1. The van der Waals surface area contributed by atoms with Gasteiger partial charge in [0.05, 0.1) is 11.9 Å². The number of hydrogen-bond donors (Lipinski definition) is 0. The molecular weight excluding hydrogens is 312 g/mol. The van der Waals surface area contributed by atoms with Crippen molar-refractivity contribution in [2.45, 2.75) is 18.8 Å². The molecule has 1 aromatic heterocycles. The number of nitrogens with zero attached hydrogens (tertiary/aromatic N) is 4. The molecule has 5 nitrogen and oxygen atoms in total. The van der Waals surface area contributed by atoms with Crippen LogP contribution < -0.4 is 0 Å². The van der Waals surface area contributed by atoms with E-state index in [2.05, 4.69) is 34.5 Å². The molecule has 3 aromatic rings. The largest absolute Gasteiger partial charge is 0.337 e. The van der Waals surface area contributed by atoms with Crippen LogP contribution in [0, 0.1) is 0 Å². The van der Waals surface area contributed by atoms with Gasteiger partial charge in [-0.15, -0.1) is 5.10 Å². The molecule has 0 unspecified atom stereocenters. The molecule has 0 atom stereocenters. The summed E-state index contributed by atoms with van der Waals surface area (Å²) in [4.78, 5) is 16.1. The molecule has 1 saturated heterocycles. The molecule has 25 heavy (non-hydrogen) atoms. The molecule has 1 amide bonds. The van der Waals surface area contributed by atoms with Crippen LogP contribution in [0.2, 0.25) is 0 Å². The van der Waals surface area contributed by atoms with Crippen molar-refractivity contribution in [1.82, 2.24) is 19.9 Å². The van der Waals surface area contributed by atoms with Gasteiger partial charge in [0.25, 0.3) is 5.91 Å². The molecule has 0 bridgehead atoms. The third-order valence-electron chi connectivity index (χ3n) is 4.75. The van der Waals surface area contributed by atoms with Crippen LogP contribution in [0.4, 0.5) is 0 Å². The fraction of sp³-hybridized carbons (Fsp3) is 0.250. The fourth-order valence-corrected chi connectivity index (χ4v) is 3.35. The number of carbonyl (C=O) groups excluding carboxylic acids is 1. The highest BCUT2D eigenvalue weighted by Gasteiger charge is 2.26. The predicted molar refractivity (Wildman–Crippen MR) is 95.7 cm³/mol. The highest BCUT2D eigenvalue weighted by molar-refractivity contribution is 5.92. The van der Waals surface area contributed by atoms with Gasteiger partial charge in [-0.1, -0.05) is 48.5 Å². The smallest absolute Gasteiger partial charge is 0.276 e. The van der Waals surface area contributed by atoms with E-state index in [9.17, 15) is 4.79 Å². The Labute approximate surface area is 146 Å². The molecule has 0 spiro atoms. The Kier molecular flexibility index (Phi) is 4.29. The van der Waals surface area contributed by atoms with Gasteiger partial charge in [-0.05, 0) is 36.5 Å². The summed E-state index contributed by atoms with van der Waals surface area (Å²) in [5.74, 6) is 0.499.